The van der Waals surface area contributed by atoms with E-state index in [0.29, 0.717) is 26.1 Å². The summed E-state index contributed by atoms with van der Waals surface area (Å²) in [4.78, 5) is 11.2. The van der Waals surface area contributed by atoms with Gasteiger partial charge in [-0.3, -0.25) is 4.79 Å². The number of hydrogen-bond acceptors (Lipinski definition) is 3. The molecule has 0 saturated carbocycles. The molecular weight excluding hydrogens is 256 g/mol. The molecule has 7 heteroatoms. The number of carbonyl (C=O) groups is 1. The van der Waals surface area contributed by atoms with Crippen LogP contribution in [0.2, 0.25) is 0 Å². The predicted molar refractivity (Wildman–Crippen MR) is 68.4 cm³/mol. The van der Waals surface area contributed by atoms with Crippen molar-refractivity contribution in [3.63, 3.8) is 0 Å². The summed E-state index contributed by atoms with van der Waals surface area (Å²) in [6.07, 6.45) is 2.77. The number of carboxylic acids is 1. The van der Waals surface area contributed by atoms with Gasteiger partial charge in [0.15, 0.2) is 0 Å². The molecule has 1 N–H and O–H groups in total. The Hall–Kier alpha value is -0.660. The van der Waals surface area contributed by atoms with Crippen LogP contribution in [0.1, 0.15) is 39.5 Å². The van der Waals surface area contributed by atoms with Crippen molar-refractivity contribution in [3.8, 4) is 0 Å². The second-order valence-corrected chi connectivity index (χ2v) is 6.29. The van der Waals surface area contributed by atoms with Crippen molar-refractivity contribution in [1.29, 1.82) is 0 Å². The van der Waals surface area contributed by atoms with Crippen LogP contribution in [0.3, 0.4) is 0 Å². The van der Waals surface area contributed by atoms with Crippen LogP contribution in [0.15, 0.2) is 0 Å². The van der Waals surface area contributed by atoms with Gasteiger partial charge in [-0.1, -0.05) is 26.7 Å². The number of carboxylic acid groups (broad SMARTS) is 1. The third-order valence-corrected chi connectivity index (χ3v) is 5.52. The minimum Gasteiger partial charge on any atom is -0.480 e. The Morgan fingerprint density at radius 3 is 2.39 bits per heavy atom. The molecule has 0 aromatic heterocycles. The van der Waals surface area contributed by atoms with Gasteiger partial charge in [-0.05, 0) is 12.8 Å². The van der Waals surface area contributed by atoms with Crippen molar-refractivity contribution in [2.75, 3.05) is 19.6 Å². The van der Waals surface area contributed by atoms with Crippen molar-refractivity contribution in [2.24, 2.45) is 0 Å². The first-order valence-corrected chi connectivity index (χ1v) is 7.84. The highest BCUT2D eigenvalue weighted by Gasteiger charge is 2.38. The Balaban J connectivity index is 3.04. The predicted octanol–water partition coefficient (Wildman–Crippen LogP) is 0.902. The van der Waals surface area contributed by atoms with Crippen molar-refractivity contribution >= 4 is 16.2 Å². The molecule has 1 rings (SSSR count). The van der Waals surface area contributed by atoms with E-state index >= 15 is 0 Å². The van der Waals surface area contributed by atoms with Crippen LogP contribution in [0.4, 0.5) is 0 Å². The van der Waals surface area contributed by atoms with E-state index in [1.54, 1.807) is 13.8 Å². The second-order valence-electron chi connectivity index (χ2n) is 4.41. The molecule has 0 bridgehead atoms. The lowest BCUT2D eigenvalue weighted by molar-refractivity contribution is -0.141. The normalized spacial score (nSPS) is 22.9. The maximum Gasteiger partial charge on any atom is 0.322 e. The Bertz CT molecular complexity index is 379. The Kier molecular flexibility index (Phi) is 5.55. The van der Waals surface area contributed by atoms with Crippen LogP contribution in [0, 0.1) is 0 Å². The lowest BCUT2D eigenvalue weighted by Crippen LogP contribution is -2.51. The van der Waals surface area contributed by atoms with Crippen molar-refractivity contribution < 1.29 is 18.3 Å². The van der Waals surface area contributed by atoms with E-state index in [4.69, 9.17) is 0 Å². The zero-order chi connectivity index (χ0) is 13.8. The molecule has 1 aliphatic rings. The van der Waals surface area contributed by atoms with Crippen LogP contribution in [0.5, 0.6) is 0 Å². The Morgan fingerprint density at radius 2 is 1.89 bits per heavy atom. The quantitative estimate of drug-likeness (QED) is 0.810. The third-order valence-electron chi connectivity index (χ3n) is 3.32. The molecule has 1 heterocycles. The summed E-state index contributed by atoms with van der Waals surface area (Å²) in [5, 5.41) is 9.20. The van der Waals surface area contributed by atoms with E-state index in [2.05, 4.69) is 0 Å². The lowest BCUT2D eigenvalue weighted by atomic mass is 10.1. The average Bonchev–Trinajstić information content (AvgIpc) is 2.55. The Morgan fingerprint density at radius 1 is 1.28 bits per heavy atom. The van der Waals surface area contributed by atoms with Gasteiger partial charge in [0.25, 0.3) is 10.2 Å². The lowest BCUT2D eigenvalue weighted by Gasteiger charge is -2.31. The third kappa shape index (κ3) is 3.21. The zero-order valence-electron chi connectivity index (χ0n) is 11.0. The van der Waals surface area contributed by atoms with Gasteiger partial charge in [0.05, 0.1) is 0 Å². The average molecular weight is 278 g/mol. The first-order chi connectivity index (χ1) is 8.45. The summed E-state index contributed by atoms with van der Waals surface area (Å²) in [6.45, 7) is 4.54. The molecule has 6 nitrogen and oxygen atoms in total. The van der Waals surface area contributed by atoms with Gasteiger partial charge in [0, 0.05) is 19.6 Å². The maximum absolute atomic E-state index is 12.4. The highest BCUT2D eigenvalue weighted by atomic mass is 32.2. The molecule has 18 heavy (non-hydrogen) atoms. The molecule has 1 atom stereocenters. The fourth-order valence-corrected chi connectivity index (χ4v) is 4.13. The molecule has 0 aliphatic carbocycles. The van der Waals surface area contributed by atoms with Crippen LogP contribution in [0.25, 0.3) is 0 Å². The van der Waals surface area contributed by atoms with E-state index in [1.165, 1.54) is 4.31 Å². The van der Waals surface area contributed by atoms with Crippen LogP contribution >= 0.6 is 0 Å². The zero-order valence-corrected chi connectivity index (χ0v) is 11.8. The standard InChI is InChI=1S/C11H22N2O4S/c1-3-12(4-2)18(16,17)13-9-7-5-6-8-10(13)11(14)15/h10H,3-9H2,1-2H3,(H,14,15). The van der Waals surface area contributed by atoms with Crippen LogP contribution in [-0.2, 0) is 15.0 Å². The van der Waals surface area contributed by atoms with Gasteiger partial charge in [-0.25, -0.2) is 0 Å². The van der Waals surface area contributed by atoms with E-state index in [-0.39, 0.29) is 0 Å². The molecule has 0 aromatic carbocycles. The highest BCUT2D eigenvalue weighted by Crippen LogP contribution is 2.22. The SMILES string of the molecule is CCN(CC)S(=O)(=O)N1CCCCCC1C(=O)O. The highest BCUT2D eigenvalue weighted by molar-refractivity contribution is 7.86. The van der Waals surface area contributed by atoms with Crippen molar-refractivity contribution in [1.82, 2.24) is 8.61 Å². The molecule has 0 radical (unpaired) electrons. The first kappa shape index (κ1) is 15.4. The largest absolute Gasteiger partial charge is 0.480 e. The van der Waals surface area contributed by atoms with E-state index in [1.807, 2.05) is 0 Å². The fourth-order valence-electron chi connectivity index (χ4n) is 2.30. The molecule has 1 fully saturated rings. The molecule has 0 amide bonds. The van der Waals surface area contributed by atoms with Gasteiger partial charge < -0.3 is 5.11 Å². The van der Waals surface area contributed by atoms with Crippen LogP contribution in [-0.4, -0.2) is 53.8 Å². The minimum atomic E-state index is -3.66. The molecular formula is C11H22N2O4S. The van der Waals surface area contributed by atoms with Crippen molar-refractivity contribution in [2.45, 2.75) is 45.6 Å². The summed E-state index contributed by atoms with van der Waals surface area (Å²) < 4.78 is 27.3. The molecule has 0 aromatic rings. The van der Waals surface area contributed by atoms with Crippen molar-refractivity contribution in [3.05, 3.63) is 0 Å². The number of rotatable bonds is 5. The van der Waals surface area contributed by atoms with Crippen LogP contribution < -0.4 is 0 Å². The topological polar surface area (TPSA) is 77.9 Å². The fraction of sp³-hybridized carbons (Fsp3) is 0.909. The second kappa shape index (κ2) is 6.49. The molecule has 106 valence electrons. The Labute approximate surface area is 109 Å². The smallest absolute Gasteiger partial charge is 0.322 e. The molecule has 1 unspecified atom stereocenters. The van der Waals surface area contributed by atoms with Gasteiger partial charge in [-0.2, -0.15) is 17.0 Å². The number of hydrogen-bond donors (Lipinski definition) is 1. The molecule has 1 aliphatic heterocycles. The van der Waals surface area contributed by atoms with E-state index < -0.39 is 22.2 Å². The van der Waals surface area contributed by atoms with Gasteiger partial charge in [0.2, 0.25) is 0 Å². The number of aliphatic carboxylic acids is 1. The minimum absolute atomic E-state index is 0.301. The molecule has 0 spiro atoms. The monoisotopic (exact) mass is 278 g/mol. The van der Waals surface area contributed by atoms with E-state index in [0.717, 1.165) is 23.6 Å². The van der Waals surface area contributed by atoms with E-state index in [9.17, 15) is 18.3 Å². The first-order valence-electron chi connectivity index (χ1n) is 6.44. The summed E-state index contributed by atoms with van der Waals surface area (Å²) in [5.74, 6) is -1.05. The summed E-state index contributed by atoms with van der Waals surface area (Å²) in [6, 6.07) is -0.918. The van der Waals surface area contributed by atoms with Gasteiger partial charge in [0.1, 0.15) is 6.04 Å². The summed E-state index contributed by atoms with van der Waals surface area (Å²) in [7, 11) is -3.66. The summed E-state index contributed by atoms with van der Waals surface area (Å²) in [5.41, 5.74) is 0. The number of nitrogens with zero attached hydrogens (tertiary/aromatic N) is 2. The molecule has 1 saturated heterocycles. The maximum atomic E-state index is 12.4. The summed E-state index contributed by atoms with van der Waals surface area (Å²) >= 11 is 0. The van der Waals surface area contributed by atoms with Gasteiger partial charge >= 0.3 is 5.97 Å². The van der Waals surface area contributed by atoms with Gasteiger partial charge in [-0.15, -0.1) is 0 Å².